The smallest absolute Gasteiger partial charge is 0.263 e. The van der Waals surface area contributed by atoms with Crippen molar-refractivity contribution < 1.29 is 13.2 Å². The lowest BCUT2D eigenvalue weighted by molar-refractivity contribution is 0.0710. The molecule has 1 aliphatic heterocycles. The van der Waals surface area contributed by atoms with E-state index in [0.717, 1.165) is 12.8 Å². The summed E-state index contributed by atoms with van der Waals surface area (Å²) in [5.41, 5.74) is 0.617. The second-order valence-electron chi connectivity index (χ2n) is 5.49. The minimum Gasteiger partial charge on any atom is -0.337 e. The maximum absolute atomic E-state index is 12.5. The number of nitrogens with zero attached hydrogens (tertiary/aromatic N) is 2. The molecule has 8 heteroatoms. The molecule has 1 N–H and O–H groups in total. The van der Waals surface area contributed by atoms with Gasteiger partial charge in [-0.15, -0.1) is 11.3 Å². The summed E-state index contributed by atoms with van der Waals surface area (Å²) < 4.78 is 23.6. The van der Waals surface area contributed by atoms with Gasteiger partial charge in [0, 0.05) is 25.3 Å². The average molecular weight is 339 g/mol. The Hall–Kier alpha value is -1.67. The van der Waals surface area contributed by atoms with Crippen LogP contribution < -0.4 is 0 Å². The SMILES string of the molecule is CS(=O)(=O)c1cn[nH]c1[C@H]1CCCN(C(=O)c2cccs2)C1. The number of hydrogen-bond acceptors (Lipinski definition) is 5. The van der Waals surface area contributed by atoms with Gasteiger partial charge < -0.3 is 4.90 Å². The fraction of sp³-hybridized carbons (Fsp3) is 0.429. The summed E-state index contributed by atoms with van der Waals surface area (Å²) in [5, 5.41) is 8.57. The van der Waals surface area contributed by atoms with Gasteiger partial charge in [0.25, 0.3) is 5.91 Å². The largest absolute Gasteiger partial charge is 0.337 e. The lowest BCUT2D eigenvalue weighted by Crippen LogP contribution is -2.39. The van der Waals surface area contributed by atoms with E-state index >= 15 is 0 Å². The maximum atomic E-state index is 12.5. The van der Waals surface area contributed by atoms with Gasteiger partial charge in [0.2, 0.25) is 0 Å². The molecule has 1 amide bonds. The van der Waals surface area contributed by atoms with Crippen LogP contribution in [0.1, 0.15) is 34.1 Å². The summed E-state index contributed by atoms with van der Waals surface area (Å²) >= 11 is 1.42. The van der Waals surface area contributed by atoms with Gasteiger partial charge in [-0.1, -0.05) is 6.07 Å². The summed E-state index contributed by atoms with van der Waals surface area (Å²) in [5.74, 6) is -0.00925. The first kappa shape index (κ1) is 15.2. The number of hydrogen-bond donors (Lipinski definition) is 1. The van der Waals surface area contributed by atoms with Gasteiger partial charge in [-0.3, -0.25) is 9.89 Å². The standard InChI is InChI=1S/C14H17N3O3S2/c1-22(19,20)12-8-15-16-13(12)10-4-2-6-17(9-10)14(18)11-5-3-7-21-11/h3,5,7-8,10H,2,4,6,9H2,1H3,(H,15,16)/t10-/m0/s1. The van der Waals surface area contributed by atoms with Gasteiger partial charge in [-0.2, -0.15) is 5.10 Å². The predicted octanol–water partition coefficient (Wildman–Crippen LogP) is 1.89. The van der Waals surface area contributed by atoms with Crippen molar-refractivity contribution >= 4 is 27.1 Å². The third-order valence-electron chi connectivity index (χ3n) is 3.88. The van der Waals surface area contributed by atoms with Crippen LogP contribution in [0.4, 0.5) is 0 Å². The molecule has 0 aromatic carbocycles. The fourth-order valence-corrected chi connectivity index (χ4v) is 4.37. The molecule has 0 bridgehead atoms. The van der Waals surface area contributed by atoms with Crippen LogP contribution in [0.3, 0.4) is 0 Å². The number of aromatic nitrogens is 2. The van der Waals surface area contributed by atoms with Crippen molar-refractivity contribution in [3.05, 3.63) is 34.3 Å². The normalized spacial score (nSPS) is 19.3. The molecule has 118 valence electrons. The molecular weight excluding hydrogens is 322 g/mol. The zero-order valence-corrected chi connectivity index (χ0v) is 13.8. The molecule has 0 unspecified atom stereocenters. The van der Waals surface area contributed by atoms with E-state index in [-0.39, 0.29) is 16.7 Å². The average Bonchev–Trinajstić information content (AvgIpc) is 3.17. The molecular formula is C14H17N3O3S2. The van der Waals surface area contributed by atoms with Gasteiger partial charge in [0.05, 0.1) is 16.8 Å². The zero-order chi connectivity index (χ0) is 15.7. The number of rotatable bonds is 3. The van der Waals surface area contributed by atoms with Crippen LogP contribution in [-0.2, 0) is 9.84 Å². The summed E-state index contributed by atoms with van der Waals surface area (Å²) in [4.78, 5) is 15.2. The highest BCUT2D eigenvalue weighted by Gasteiger charge is 2.30. The van der Waals surface area contributed by atoms with Crippen molar-refractivity contribution in [2.45, 2.75) is 23.7 Å². The van der Waals surface area contributed by atoms with E-state index in [1.807, 2.05) is 17.5 Å². The molecule has 2 aromatic rings. The molecule has 0 spiro atoms. The minimum absolute atomic E-state index is 0.0140. The third-order valence-corrected chi connectivity index (χ3v) is 5.86. The van der Waals surface area contributed by atoms with Crippen molar-refractivity contribution in [3.8, 4) is 0 Å². The van der Waals surface area contributed by atoms with Crippen molar-refractivity contribution in [1.82, 2.24) is 15.1 Å². The predicted molar refractivity (Wildman–Crippen MR) is 83.9 cm³/mol. The van der Waals surface area contributed by atoms with Gasteiger partial charge in [-0.05, 0) is 24.3 Å². The van der Waals surface area contributed by atoms with Crippen LogP contribution in [0.2, 0.25) is 0 Å². The molecule has 3 rings (SSSR count). The van der Waals surface area contributed by atoms with E-state index in [1.165, 1.54) is 23.8 Å². The van der Waals surface area contributed by atoms with E-state index in [1.54, 1.807) is 4.90 Å². The summed E-state index contributed by atoms with van der Waals surface area (Å²) in [6.45, 7) is 1.22. The van der Waals surface area contributed by atoms with Crippen molar-refractivity contribution in [3.63, 3.8) is 0 Å². The number of piperidine rings is 1. The van der Waals surface area contributed by atoms with Gasteiger partial charge >= 0.3 is 0 Å². The molecule has 1 atom stereocenters. The first-order chi connectivity index (χ1) is 10.5. The molecule has 1 aliphatic rings. The zero-order valence-electron chi connectivity index (χ0n) is 12.2. The van der Waals surface area contributed by atoms with Crippen molar-refractivity contribution in [2.75, 3.05) is 19.3 Å². The van der Waals surface area contributed by atoms with Crippen LogP contribution in [-0.4, -0.2) is 48.8 Å². The Morgan fingerprint density at radius 1 is 1.50 bits per heavy atom. The molecule has 0 saturated carbocycles. The van der Waals surface area contributed by atoms with Crippen LogP contribution >= 0.6 is 11.3 Å². The van der Waals surface area contributed by atoms with Crippen LogP contribution in [0.15, 0.2) is 28.6 Å². The Balaban J connectivity index is 1.82. The van der Waals surface area contributed by atoms with E-state index in [0.29, 0.717) is 23.7 Å². The maximum Gasteiger partial charge on any atom is 0.263 e. The van der Waals surface area contributed by atoms with Crippen LogP contribution in [0.5, 0.6) is 0 Å². The molecule has 6 nitrogen and oxygen atoms in total. The van der Waals surface area contributed by atoms with Gasteiger partial charge in [0.15, 0.2) is 9.84 Å². The lowest BCUT2D eigenvalue weighted by atomic mass is 9.95. The first-order valence-corrected chi connectivity index (χ1v) is 9.80. The number of carbonyl (C=O) groups excluding carboxylic acids is 1. The van der Waals surface area contributed by atoms with Crippen LogP contribution in [0, 0.1) is 0 Å². The van der Waals surface area contributed by atoms with E-state index in [4.69, 9.17) is 0 Å². The number of aromatic amines is 1. The molecule has 2 aromatic heterocycles. The van der Waals surface area contributed by atoms with Crippen molar-refractivity contribution in [2.24, 2.45) is 0 Å². The molecule has 1 fully saturated rings. The van der Waals surface area contributed by atoms with Crippen LogP contribution in [0.25, 0.3) is 0 Å². The van der Waals surface area contributed by atoms with E-state index in [9.17, 15) is 13.2 Å². The minimum atomic E-state index is -3.32. The molecule has 0 aliphatic carbocycles. The number of amides is 1. The lowest BCUT2D eigenvalue weighted by Gasteiger charge is -2.32. The topological polar surface area (TPSA) is 83.1 Å². The summed E-state index contributed by atoms with van der Waals surface area (Å²) in [6, 6.07) is 3.67. The van der Waals surface area contributed by atoms with Gasteiger partial charge in [0.1, 0.15) is 4.90 Å². The first-order valence-electron chi connectivity index (χ1n) is 7.03. The Bertz CT molecular complexity index is 765. The molecule has 0 radical (unpaired) electrons. The quantitative estimate of drug-likeness (QED) is 0.926. The summed E-state index contributed by atoms with van der Waals surface area (Å²) in [6.07, 6.45) is 4.23. The highest BCUT2D eigenvalue weighted by atomic mass is 32.2. The highest BCUT2D eigenvalue weighted by molar-refractivity contribution is 7.90. The Morgan fingerprint density at radius 2 is 2.32 bits per heavy atom. The number of sulfone groups is 1. The highest BCUT2D eigenvalue weighted by Crippen LogP contribution is 2.30. The number of carbonyl (C=O) groups is 1. The monoisotopic (exact) mass is 339 g/mol. The van der Waals surface area contributed by atoms with Gasteiger partial charge in [-0.25, -0.2) is 8.42 Å². The Labute approximate surface area is 133 Å². The number of thiophene rings is 1. The number of likely N-dealkylation sites (tertiary alicyclic amines) is 1. The Morgan fingerprint density at radius 3 is 3.00 bits per heavy atom. The van der Waals surface area contributed by atoms with E-state index in [2.05, 4.69) is 10.2 Å². The second kappa shape index (κ2) is 5.85. The number of H-pyrrole nitrogens is 1. The second-order valence-corrected chi connectivity index (χ2v) is 8.42. The molecule has 3 heterocycles. The third kappa shape index (κ3) is 2.93. The Kier molecular flexibility index (Phi) is 4.05. The fourth-order valence-electron chi connectivity index (χ4n) is 2.83. The van der Waals surface area contributed by atoms with Crippen molar-refractivity contribution in [1.29, 1.82) is 0 Å². The number of nitrogens with one attached hydrogen (secondary N) is 1. The molecule has 22 heavy (non-hydrogen) atoms. The summed E-state index contributed by atoms with van der Waals surface area (Å²) in [7, 11) is -3.32. The molecule has 1 saturated heterocycles. The van der Waals surface area contributed by atoms with E-state index < -0.39 is 9.84 Å².